The van der Waals surface area contributed by atoms with Gasteiger partial charge in [-0.3, -0.25) is 4.79 Å². The minimum atomic E-state index is 0.301. The van der Waals surface area contributed by atoms with Crippen LogP contribution < -0.4 is 0 Å². The highest BCUT2D eigenvalue weighted by atomic mass is 33.1. The van der Waals surface area contributed by atoms with E-state index in [1.54, 1.807) is 10.8 Å². The van der Waals surface area contributed by atoms with Crippen molar-refractivity contribution in [1.82, 2.24) is 0 Å². The smallest absolute Gasteiger partial charge is 0.203 e. The molecule has 0 N–H and O–H groups in total. The predicted molar refractivity (Wildman–Crippen MR) is 34.2 cm³/mol. The van der Waals surface area contributed by atoms with Gasteiger partial charge in [0.25, 0.3) is 0 Å². The molecule has 1 unspecified atom stereocenters. The van der Waals surface area contributed by atoms with Gasteiger partial charge < -0.3 is 0 Å². The Kier molecular flexibility index (Phi) is 1.65. The molecule has 0 bridgehead atoms. The lowest BCUT2D eigenvalue weighted by atomic mass is 10.2. The topological polar surface area (TPSA) is 17.1 Å². The van der Waals surface area contributed by atoms with Crippen LogP contribution in [-0.4, -0.2) is 10.9 Å². The van der Waals surface area contributed by atoms with E-state index in [-0.39, 0.29) is 0 Å². The van der Waals surface area contributed by atoms with Crippen LogP contribution in [0, 0.1) is 5.92 Å². The first kappa shape index (κ1) is 5.51. The number of carbonyl (C=O) groups excluding carboxylic acids is 1. The van der Waals surface area contributed by atoms with Gasteiger partial charge in [-0.05, 0) is 10.8 Å². The van der Waals surface area contributed by atoms with Gasteiger partial charge in [0.2, 0.25) is 5.12 Å². The molecule has 0 amide bonds. The zero-order valence-corrected chi connectivity index (χ0v) is 5.64. The third-order valence-electron chi connectivity index (χ3n) is 0.861. The Labute approximate surface area is 50.6 Å². The quantitative estimate of drug-likeness (QED) is 0.468. The maximum Gasteiger partial charge on any atom is 0.203 e. The zero-order chi connectivity index (χ0) is 5.28. The molecule has 3 heteroatoms. The van der Waals surface area contributed by atoms with Crippen LogP contribution in [0.2, 0.25) is 0 Å². The van der Waals surface area contributed by atoms with Crippen molar-refractivity contribution < 1.29 is 4.79 Å². The fourth-order valence-corrected chi connectivity index (χ4v) is 2.89. The number of carbonyl (C=O) groups is 1. The lowest BCUT2D eigenvalue weighted by Crippen LogP contribution is -1.99. The standard InChI is InChI=1S/C4H6OS2/c1-3-2-6-7-4(3)5/h3H,2H2,1H3. The molecule has 0 aromatic rings. The Bertz CT molecular complexity index is 91.7. The molecule has 0 saturated carbocycles. The van der Waals surface area contributed by atoms with E-state index in [9.17, 15) is 4.79 Å². The zero-order valence-electron chi connectivity index (χ0n) is 4.01. The van der Waals surface area contributed by atoms with Crippen LogP contribution in [-0.2, 0) is 4.79 Å². The van der Waals surface area contributed by atoms with Gasteiger partial charge in [-0.2, -0.15) is 0 Å². The van der Waals surface area contributed by atoms with Crippen LogP contribution in [0.3, 0.4) is 0 Å². The molecule has 0 aromatic heterocycles. The van der Waals surface area contributed by atoms with Crippen molar-refractivity contribution in [2.45, 2.75) is 6.92 Å². The molecule has 0 radical (unpaired) electrons. The number of hydrogen-bond acceptors (Lipinski definition) is 3. The lowest BCUT2D eigenvalue weighted by Gasteiger charge is -1.87. The third-order valence-corrected chi connectivity index (χ3v) is 3.44. The van der Waals surface area contributed by atoms with Crippen molar-refractivity contribution in [3.8, 4) is 0 Å². The van der Waals surface area contributed by atoms with Gasteiger partial charge in [0.15, 0.2) is 0 Å². The molecule has 0 spiro atoms. The van der Waals surface area contributed by atoms with E-state index in [4.69, 9.17) is 0 Å². The van der Waals surface area contributed by atoms with Gasteiger partial charge >= 0.3 is 0 Å². The summed E-state index contributed by atoms with van der Waals surface area (Å²) in [7, 11) is 3.04. The van der Waals surface area contributed by atoms with E-state index in [1.165, 1.54) is 10.8 Å². The number of rotatable bonds is 0. The largest absolute Gasteiger partial charge is 0.286 e. The summed E-state index contributed by atoms with van der Waals surface area (Å²) in [6.45, 7) is 1.97. The predicted octanol–water partition coefficient (Wildman–Crippen LogP) is 1.54. The molecule has 1 aliphatic rings. The molecule has 1 saturated heterocycles. The minimum Gasteiger partial charge on any atom is -0.286 e. The third kappa shape index (κ3) is 1.13. The van der Waals surface area contributed by atoms with Crippen LogP contribution in [0.4, 0.5) is 0 Å². The lowest BCUT2D eigenvalue weighted by molar-refractivity contribution is -0.113. The normalized spacial score (nSPS) is 31.6. The summed E-state index contributed by atoms with van der Waals surface area (Å²) in [5.41, 5.74) is 0. The summed E-state index contributed by atoms with van der Waals surface area (Å²) in [5, 5.41) is 0.338. The molecular formula is C4H6OS2. The highest BCUT2D eigenvalue weighted by Crippen LogP contribution is 2.35. The van der Waals surface area contributed by atoms with Gasteiger partial charge in [-0.15, -0.1) is 0 Å². The van der Waals surface area contributed by atoms with E-state index in [2.05, 4.69) is 0 Å². The second kappa shape index (κ2) is 2.09. The molecule has 7 heavy (non-hydrogen) atoms. The summed E-state index contributed by atoms with van der Waals surface area (Å²) in [6.07, 6.45) is 0. The average Bonchev–Trinajstić information content (AvgIpc) is 1.91. The van der Waals surface area contributed by atoms with E-state index < -0.39 is 0 Å². The summed E-state index contributed by atoms with van der Waals surface area (Å²) in [4.78, 5) is 10.5. The van der Waals surface area contributed by atoms with Crippen LogP contribution in [0.15, 0.2) is 0 Å². The first-order valence-electron chi connectivity index (χ1n) is 2.14. The molecule has 1 aliphatic heterocycles. The molecule has 1 atom stereocenters. The van der Waals surface area contributed by atoms with Crippen molar-refractivity contribution in [2.75, 3.05) is 5.75 Å². The molecule has 1 rings (SSSR count). The molecule has 1 nitrogen and oxygen atoms in total. The first-order valence-corrected chi connectivity index (χ1v) is 4.46. The maximum absolute atomic E-state index is 10.5. The Hall–Kier alpha value is 0.370. The van der Waals surface area contributed by atoms with Gasteiger partial charge in [0.05, 0.1) is 0 Å². The summed E-state index contributed by atoms with van der Waals surface area (Å²) in [5.74, 6) is 1.30. The first-order chi connectivity index (χ1) is 3.30. The van der Waals surface area contributed by atoms with Crippen LogP contribution in [0.5, 0.6) is 0 Å². The highest BCUT2D eigenvalue weighted by Gasteiger charge is 2.20. The summed E-state index contributed by atoms with van der Waals surface area (Å²) >= 11 is 0. The van der Waals surface area contributed by atoms with Crippen molar-refractivity contribution in [1.29, 1.82) is 0 Å². The highest BCUT2D eigenvalue weighted by molar-refractivity contribution is 8.82. The SMILES string of the molecule is CC1CSSC1=O. The molecule has 1 fully saturated rings. The fraction of sp³-hybridized carbons (Fsp3) is 0.750. The van der Waals surface area contributed by atoms with Crippen molar-refractivity contribution in [3.63, 3.8) is 0 Å². The van der Waals surface area contributed by atoms with Crippen LogP contribution >= 0.6 is 21.6 Å². The maximum atomic E-state index is 10.5. The molecule has 40 valence electrons. The Balaban J connectivity index is 2.48. The molecule has 0 aliphatic carbocycles. The van der Waals surface area contributed by atoms with Gasteiger partial charge in [0.1, 0.15) is 0 Å². The van der Waals surface area contributed by atoms with E-state index in [1.807, 2.05) is 6.92 Å². The van der Waals surface area contributed by atoms with Crippen molar-refractivity contribution >= 4 is 26.7 Å². The van der Waals surface area contributed by atoms with E-state index in [0.29, 0.717) is 11.0 Å². The number of hydrogen-bond donors (Lipinski definition) is 0. The molecule has 0 aromatic carbocycles. The monoisotopic (exact) mass is 134 g/mol. The molecule has 1 heterocycles. The van der Waals surface area contributed by atoms with Gasteiger partial charge in [0, 0.05) is 11.7 Å². The van der Waals surface area contributed by atoms with Crippen LogP contribution in [0.25, 0.3) is 0 Å². The second-order valence-electron chi connectivity index (χ2n) is 1.59. The van der Waals surface area contributed by atoms with Gasteiger partial charge in [-0.25, -0.2) is 0 Å². The summed E-state index contributed by atoms with van der Waals surface area (Å²) < 4.78 is 0. The minimum absolute atomic E-state index is 0.301. The molecular weight excluding hydrogens is 128 g/mol. The van der Waals surface area contributed by atoms with Crippen LogP contribution in [0.1, 0.15) is 6.92 Å². The Morgan fingerprint density at radius 2 is 2.57 bits per heavy atom. The van der Waals surface area contributed by atoms with Crippen molar-refractivity contribution in [3.05, 3.63) is 0 Å². The second-order valence-corrected chi connectivity index (χ2v) is 3.93. The van der Waals surface area contributed by atoms with E-state index in [0.717, 1.165) is 5.75 Å². The van der Waals surface area contributed by atoms with Gasteiger partial charge in [-0.1, -0.05) is 17.7 Å². The Morgan fingerprint density at radius 1 is 1.86 bits per heavy atom. The van der Waals surface area contributed by atoms with Crippen molar-refractivity contribution in [2.24, 2.45) is 5.92 Å². The fourth-order valence-electron chi connectivity index (χ4n) is 0.344. The summed E-state index contributed by atoms with van der Waals surface area (Å²) in [6, 6.07) is 0. The Morgan fingerprint density at radius 3 is 2.71 bits per heavy atom. The van der Waals surface area contributed by atoms with E-state index >= 15 is 0 Å². The average molecular weight is 134 g/mol.